The molecule has 0 atom stereocenters. The highest BCUT2D eigenvalue weighted by atomic mass is 32.1. The molecule has 2 heterocycles. The highest BCUT2D eigenvalue weighted by Crippen LogP contribution is 2.09. The molecule has 0 radical (unpaired) electrons. The minimum Gasteiger partial charge on any atom is -0.295 e. The van der Waals surface area contributed by atoms with Crippen molar-refractivity contribution in [2.24, 2.45) is 0 Å². The molecule has 0 spiro atoms. The van der Waals surface area contributed by atoms with Gasteiger partial charge in [0.15, 0.2) is 5.69 Å². The Morgan fingerprint density at radius 2 is 2.38 bits per heavy atom. The number of hydrogen-bond donors (Lipinski definition) is 1. The third-order valence-electron chi connectivity index (χ3n) is 1.17. The molecular formula is C5H3N5OS2. The summed E-state index contributed by atoms with van der Waals surface area (Å²) in [7, 11) is 0. The zero-order valence-electron chi connectivity index (χ0n) is 6.17. The molecule has 1 amide bonds. The number of carbonyl (C=O) groups is 1. The maximum atomic E-state index is 11.3. The first-order valence-corrected chi connectivity index (χ1v) is 4.92. The molecule has 0 aliphatic rings. The first-order chi connectivity index (χ1) is 6.36. The van der Waals surface area contributed by atoms with Crippen LogP contribution in [0, 0.1) is 0 Å². The Hall–Kier alpha value is -1.41. The van der Waals surface area contributed by atoms with Gasteiger partial charge in [-0.1, -0.05) is 15.8 Å². The highest BCUT2D eigenvalue weighted by molar-refractivity contribution is 7.13. The molecular weight excluding hydrogens is 210 g/mol. The van der Waals surface area contributed by atoms with Gasteiger partial charge in [-0.25, -0.2) is 0 Å². The number of aromatic nitrogens is 4. The van der Waals surface area contributed by atoms with E-state index in [1.807, 2.05) is 0 Å². The van der Waals surface area contributed by atoms with E-state index in [-0.39, 0.29) is 5.91 Å². The molecule has 2 aromatic rings. The Kier molecular flexibility index (Phi) is 2.23. The van der Waals surface area contributed by atoms with Crippen LogP contribution >= 0.6 is 22.9 Å². The number of carbonyl (C=O) groups excluding carboxylic acids is 1. The van der Waals surface area contributed by atoms with E-state index in [0.717, 1.165) is 11.5 Å². The average Bonchev–Trinajstić information content (AvgIpc) is 2.74. The number of rotatable bonds is 2. The third-order valence-corrected chi connectivity index (χ3v) is 2.28. The topological polar surface area (TPSA) is 80.7 Å². The third kappa shape index (κ3) is 1.84. The van der Waals surface area contributed by atoms with E-state index in [0.29, 0.717) is 10.8 Å². The summed E-state index contributed by atoms with van der Waals surface area (Å²) >= 11 is 2.38. The largest absolute Gasteiger partial charge is 0.295 e. The number of hydrogen-bond acceptors (Lipinski definition) is 7. The second-order valence-electron chi connectivity index (χ2n) is 1.99. The van der Waals surface area contributed by atoms with Gasteiger partial charge in [-0.2, -0.15) is 0 Å². The molecule has 2 aromatic heterocycles. The van der Waals surface area contributed by atoms with Crippen LogP contribution in [0.25, 0.3) is 0 Å². The van der Waals surface area contributed by atoms with Crippen LogP contribution in [0.4, 0.5) is 5.13 Å². The summed E-state index contributed by atoms with van der Waals surface area (Å²) in [5, 5.41) is 15.4. The Balaban J connectivity index is 2.08. The molecule has 0 fully saturated rings. The molecule has 2 rings (SSSR count). The van der Waals surface area contributed by atoms with Crippen LogP contribution in [-0.4, -0.2) is 25.7 Å². The number of amides is 1. The number of nitrogens with one attached hydrogen (secondary N) is 1. The minimum absolute atomic E-state index is 0.292. The maximum Gasteiger partial charge on any atom is 0.278 e. The second kappa shape index (κ2) is 3.54. The van der Waals surface area contributed by atoms with Crippen molar-refractivity contribution < 1.29 is 4.79 Å². The van der Waals surface area contributed by atoms with Gasteiger partial charge in [0.05, 0.1) is 0 Å². The summed E-state index contributed by atoms with van der Waals surface area (Å²) in [5.74, 6) is -0.314. The van der Waals surface area contributed by atoms with Crippen molar-refractivity contribution in [1.82, 2.24) is 19.8 Å². The zero-order valence-corrected chi connectivity index (χ0v) is 7.80. The van der Waals surface area contributed by atoms with Gasteiger partial charge >= 0.3 is 0 Å². The second-order valence-corrected chi connectivity index (χ2v) is 3.43. The van der Waals surface area contributed by atoms with Crippen molar-refractivity contribution in [2.45, 2.75) is 0 Å². The molecule has 13 heavy (non-hydrogen) atoms. The van der Waals surface area contributed by atoms with E-state index in [2.05, 4.69) is 25.1 Å². The summed E-state index contributed by atoms with van der Waals surface area (Å²) < 4.78 is 3.57. The summed E-state index contributed by atoms with van der Waals surface area (Å²) in [5.41, 5.74) is 1.83. The average molecular weight is 213 g/mol. The molecule has 8 heteroatoms. The SMILES string of the molecule is O=C(Nc1nncs1)c1csnn1. The van der Waals surface area contributed by atoms with Crippen molar-refractivity contribution >= 4 is 33.9 Å². The van der Waals surface area contributed by atoms with E-state index in [1.165, 1.54) is 16.8 Å². The Morgan fingerprint density at radius 3 is 3.00 bits per heavy atom. The van der Waals surface area contributed by atoms with Gasteiger partial charge in [-0.3, -0.25) is 10.1 Å². The van der Waals surface area contributed by atoms with Crippen molar-refractivity contribution in [2.75, 3.05) is 5.32 Å². The van der Waals surface area contributed by atoms with Gasteiger partial charge in [0, 0.05) is 5.38 Å². The number of anilines is 1. The summed E-state index contributed by atoms with van der Waals surface area (Å²) in [4.78, 5) is 11.3. The predicted octanol–water partition coefficient (Wildman–Crippen LogP) is 0.642. The zero-order chi connectivity index (χ0) is 9.10. The van der Waals surface area contributed by atoms with E-state index < -0.39 is 0 Å². The fourth-order valence-electron chi connectivity index (χ4n) is 0.652. The van der Waals surface area contributed by atoms with Gasteiger partial charge in [0.2, 0.25) is 5.13 Å². The van der Waals surface area contributed by atoms with E-state index >= 15 is 0 Å². The Bertz CT molecular complexity index is 383. The summed E-state index contributed by atoms with van der Waals surface area (Å²) in [6.07, 6.45) is 0. The monoisotopic (exact) mass is 213 g/mol. The number of nitrogens with zero attached hydrogens (tertiary/aromatic N) is 4. The van der Waals surface area contributed by atoms with Crippen molar-refractivity contribution in [1.29, 1.82) is 0 Å². The summed E-state index contributed by atoms with van der Waals surface area (Å²) in [6, 6.07) is 0. The molecule has 0 bridgehead atoms. The summed E-state index contributed by atoms with van der Waals surface area (Å²) in [6.45, 7) is 0. The van der Waals surface area contributed by atoms with Crippen LogP contribution in [-0.2, 0) is 0 Å². The lowest BCUT2D eigenvalue weighted by atomic mass is 10.5. The Labute approximate surface area is 80.8 Å². The lowest BCUT2D eigenvalue weighted by molar-refractivity contribution is 0.102. The fourth-order valence-corrected chi connectivity index (χ4v) is 1.53. The van der Waals surface area contributed by atoms with E-state index in [1.54, 1.807) is 5.38 Å². The van der Waals surface area contributed by atoms with E-state index in [4.69, 9.17) is 0 Å². The quantitative estimate of drug-likeness (QED) is 0.791. The molecule has 6 nitrogen and oxygen atoms in total. The predicted molar refractivity (Wildman–Crippen MR) is 47.8 cm³/mol. The normalized spacial score (nSPS) is 9.85. The van der Waals surface area contributed by atoms with Gasteiger partial charge in [0.1, 0.15) is 5.51 Å². The molecule has 0 saturated heterocycles. The molecule has 0 aliphatic heterocycles. The van der Waals surface area contributed by atoms with Gasteiger partial charge in [0.25, 0.3) is 5.91 Å². The first-order valence-electron chi connectivity index (χ1n) is 3.21. The molecule has 66 valence electrons. The first kappa shape index (κ1) is 8.20. The standard InChI is InChI=1S/C5H3N5OS2/c11-4(3-1-13-10-8-3)7-5-9-6-2-12-5/h1-2H,(H,7,9,11). The van der Waals surface area contributed by atoms with Crippen LogP contribution in [0.2, 0.25) is 0 Å². The van der Waals surface area contributed by atoms with Crippen LogP contribution < -0.4 is 5.32 Å². The molecule has 1 N–H and O–H groups in total. The molecule has 0 saturated carbocycles. The van der Waals surface area contributed by atoms with E-state index in [9.17, 15) is 4.79 Å². The smallest absolute Gasteiger partial charge is 0.278 e. The van der Waals surface area contributed by atoms with Gasteiger partial charge in [-0.15, -0.1) is 15.3 Å². The van der Waals surface area contributed by atoms with Crippen molar-refractivity contribution in [3.63, 3.8) is 0 Å². The highest BCUT2D eigenvalue weighted by Gasteiger charge is 2.09. The molecule has 0 aliphatic carbocycles. The molecule has 0 aromatic carbocycles. The lowest BCUT2D eigenvalue weighted by Gasteiger charge is -1.94. The van der Waals surface area contributed by atoms with Gasteiger partial charge in [-0.05, 0) is 11.5 Å². The lowest BCUT2D eigenvalue weighted by Crippen LogP contribution is -2.12. The van der Waals surface area contributed by atoms with Gasteiger partial charge < -0.3 is 0 Å². The maximum absolute atomic E-state index is 11.3. The molecule has 0 unspecified atom stereocenters. The van der Waals surface area contributed by atoms with Crippen molar-refractivity contribution in [3.05, 3.63) is 16.6 Å². The van der Waals surface area contributed by atoms with Crippen molar-refractivity contribution in [3.8, 4) is 0 Å². The fraction of sp³-hybridized carbons (Fsp3) is 0. The minimum atomic E-state index is -0.314. The van der Waals surface area contributed by atoms with Crippen LogP contribution in [0.5, 0.6) is 0 Å². The van der Waals surface area contributed by atoms with Crippen LogP contribution in [0.3, 0.4) is 0 Å². The van der Waals surface area contributed by atoms with Crippen LogP contribution in [0.1, 0.15) is 10.5 Å². The Morgan fingerprint density at radius 1 is 1.46 bits per heavy atom. The van der Waals surface area contributed by atoms with Crippen LogP contribution in [0.15, 0.2) is 10.9 Å².